The van der Waals surface area contributed by atoms with Crippen molar-refractivity contribution < 1.29 is 0 Å². The van der Waals surface area contributed by atoms with E-state index in [1.807, 2.05) is 18.2 Å². The van der Waals surface area contributed by atoms with Crippen molar-refractivity contribution in [2.45, 2.75) is 12.5 Å². The van der Waals surface area contributed by atoms with E-state index in [0.29, 0.717) is 6.42 Å². The van der Waals surface area contributed by atoms with Gasteiger partial charge in [-0.15, -0.1) is 0 Å². The minimum atomic E-state index is 0.117. The Bertz CT molecular complexity index is 645. The van der Waals surface area contributed by atoms with Crippen molar-refractivity contribution in [3.8, 4) is 6.07 Å². The van der Waals surface area contributed by atoms with Crippen molar-refractivity contribution >= 4 is 11.4 Å². The first-order valence-corrected chi connectivity index (χ1v) is 7.30. The molecular formula is C18H19N3. The maximum atomic E-state index is 9.24. The van der Waals surface area contributed by atoms with E-state index in [9.17, 15) is 5.26 Å². The van der Waals surface area contributed by atoms with Gasteiger partial charge in [-0.05, 0) is 17.7 Å². The molecule has 0 fully saturated rings. The molecule has 0 amide bonds. The van der Waals surface area contributed by atoms with Crippen LogP contribution < -0.4 is 9.80 Å². The van der Waals surface area contributed by atoms with Crippen molar-refractivity contribution in [1.82, 2.24) is 0 Å². The molecule has 0 aliphatic carbocycles. The van der Waals surface area contributed by atoms with Gasteiger partial charge in [0.1, 0.15) is 0 Å². The fourth-order valence-electron chi connectivity index (χ4n) is 3.02. The molecule has 2 aromatic carbocycles. The summed E-state index contributed by atoms with van der Waals surface area (Å²) in [5.74, 6) is 0. The third kappa shape index (κ3) is 2.57. The number of fused-ring (bicyclic) bond motifs is 1. The van der Waals surface area contributed by atoms with E-state index in [0.717, 1.165) is 13.1 Å². The Balaban J connectivity index is 2.02. The quantitative estimate of drug-likeness (QED) is 0.858. The van der Waals surface area contributed by atoms with Crippen LogP contribution in [0.2, 0.25) is 0 Å². The van der Waals surface area contributed by atoms with Crippen molar-refractivity contribution in [3.63, 3.8) is 0 Å². The molecule has 21 heavy (non-hydrogen) atoms. The highest BCUT2D eigenvalue weighted by Gasteiger charge is 2.26. The summed E-state index contributed by atoms with van der Waals surface area (Å²) in [6.45, 7) is 1.92. The number of benzene rings is 2. The molecule has 1 heterocycles. The molecule has 1 aliphatic rings. The van der Waals surface area contributed by atoms with Crippen LogP contribution in [0.3, 0.4) is 0 Å². The number of nitriles is 1. The van der Waals surface area contributed by atoms with Gasteiger partial charge in [-0.25, -0.2) is 0 Å². The molecule has 2 aromatic rings. The van der Waals surface area contributed by atoms with E-state index in [2.05, 4.69) is 59.3 Å². The van der Waals surface area contributed by atoms with Gasteiger partial charge in [0.15, 0.2) is 0 Å². The average Bonchev–Trinajstić information content (AvgIpc) is 2.55. The summed E-state index contributed by atoms with van der Waals surface area (Å²) >= 11 is 0. The second kappa shape index (κ2) is 5.88. The number of hydrogen-bond donors (Lipinski definition) is 0. The fraction of sp³-hybridized carbons (Fsp3) is 0.278. The van der Waals surface area contributed by atoms with Crippen LogP contribution in [-0.2, 0) is 0 Å². The molecule has 1 aliphatic heterocycles. The first-order valence-electron chi connectivity index (χ1n) is 7.30. The lowest BCUT2D eigenvalue weighted by molar-refractivity contribution is 0.613. The third-order valence-corrected chi connectivity index (χ3v) is 4.12. The van der Waals surface area contributed by atoms with Crippen molar-refractivity contribution in [3.05, 3.63) is 60.2 Å². The summed E-state index contributed by atoms with van der Waals surface area (Å²) in [4.78, 5) is 4.65. The Morgan fingerprint density at radius 1 is 1.00 bits per heavy atom. The topological polar surface area (TPSA) is 30.3 Å². The SMILES string of the molecule is CN1CCN(C(CC#N)c2ccccc2)c2ccccc21. The Morgan fingerprint density at radius 2 is 1.67 bits per heavy atom. The lowest BCUT2D eigenvalue weighted by atomic mass is 10.00. The fourth-order valence-corrected chi connectivity index (χ4v) is 3.02. The Morgan fingerprint density at radius 3 is 2.38 bits per heavy atom. The summed E-state index contributed by atoms with van der Waals surface area (Å²) < 4.78 is 0. The van der Waals surface area contributed by atoms with Gasteiger partial charge in [-0.3, -0.25) is 0 Å². The molecule has 0 radical (unpaired) electrons. The van der Waals surface area contributed by atoms with E-state index in [1.165, 1.54) is 16.9 Å². The van der Waals surface area contributed by atoms with Crippen molar-refractivity contribution in [1.29, 1.82) is 5.26 Å². The van der Waals surface area contributed by atoms with Gasteiger partial charge in [-0.1, -0.05) is 42.5 Å². The third-order valence-electron chi connectivity index (χ3n) is 4.12. The highest BCUT2D eigenvalue weighted by Crippen LogP contribution is 2.38. The molecular weight excluding hydrogens is 258 g/mol. The van der Waals surface area contributed by atoms with Crippen LogP contribution in [0.25, 0.3) is 0 Å². The molecule has 3 heteroatoms. The Kier molecular flexibility index (Phi) is 3.79. The summed E-state index contributed by atoms with van der Waals surface area (Å²) in [5, 5.41) is 9.24. The minimum Gasteiger partial charge on any atom is -0.371 e. The summed E-state index contributed by atoms with van der Waals surface area (Å²) in [6, 6.07) is 21.2. The van der Waals surface area contributed by atoms with Crippen LogP contribution in [0.15, 0.2) is 54.6 Å². The van der Waals surface area contributed by atoms with Gasteiger partial charge in [-0.2, -0.15) is 5.26 Å². The van der Waals surface area contributed by atoms with Crippen LogP contribution in [0, 0.1) is 11.3 Å². The second-order valence-corrected chi connectivity index (χ2v) is 5.39. The molecule has 0 bridgehead atoms. The predicted molar refractivity (Wildman–Crippen MR) is 86.5 cm³/mol. The average molecular weight is 277 g/mol. The molecule has 0 saturated heterocycles. The van der Waals surface area contributed by atoms with Crippen LogP contribution >= 0.6 is 0 Å². The van der Waals surface area contributed by atoms with Crippen LogP contribution in [-0.4, -0.2) is 20.1 Å². The van der Waals surface area contributed by atoms with E-state index in [4.69, 9.17) is 0 Å². The number of hydrogen-bond acceptors (Lipinski definition) is 3. The van der Waals surface area contributed by atoms with Gasteiger partial charge in [0.05, 0.1) is 29.9 Å². The molecule has 0 saturated carbocycles. The zero-order chi connectivity index (χ0) is 14.7. The van der Waals surface area contributed by atoms with Crippen LogP contribution in [0.1, 0.15) is 18.0 Å². The first-order chi connectivity index (χ1) is 10.3. The highest BCUT2D eigenvalue weighted by molar-refractivity contribution is 5.73. The zero-order valence-corrected chi connectivity index (χ0v) is 12.2. The van der Waals surface area contributed by atoms with Gasteiger partial charge in [0.25, 0.3) is 0 Å². The maximum Gasteiger partial charge on any atom is 0.0673 e. The van der Waals surface area contributed by atoms with Crippen molar-refractivity contribution in [2.75, 3.05) is 29.9 Å². The van der Waals surface area contributed by atoms with Gasteiger partial charge in [0, 0.05) is 20.1 Å². The second-order valence-electron chi connectivity index (χ2n) is 5.39. The summed E-state index contributed by atoms with van der Waals surface area (Å²) in [5.41, 5.74) is 3.66. The van der Waals surface area contributed by atoms with Gasteiger partial charge in [0.2, 0.25) is 0 Å². The predicted octanol–water partition coefficient (Wildman–Crippen LogP) is 3.60. The van der Waals surface area contributed by atoms with Crippen LogP contribution in [0.4, 0.5) is 11.4 Å². The molecule has 1 unspecified atom stereocenters. The van der Waals surface area contributed by atoms with E-state index >= 15 is 0 Å². The maximum absolute atomic E-state index is 9.24. The van der Waals surface area contributed by atoms with Gasteiger partial charge < -0.3 is 9.80 Å². The number of rotatable bonds is 3. The molecule has 3 rings (SSSR count). The molecule has 0 spiro atoms. The number of likely N-dealkylation sites (N-methyl/N-ethyl adjacent to an activating group) is 1. The van der Waals surface area contributed by atoms with E-state index < -0.39 is 0 Å². The lowest BCUT2D eigenvalue weighted by Gasteiger charge is -2.41. The summed E-state index contributed by atoms with van der Waals surface area (Å²) in [6.07, 6.45) is 0.502. The lowest BCUT2D eigenvalue weighted by Crippen LogP contribution is -2.41. The molecule has 106 valence electrons. The number of para-hydroxylation sites is 2. The molecule has 0 aromatic heterocycles. The molecule has 0 N–H and O–H groups in total. The van der Waals surface area contributed by atoms with E-state index in [1.54, 1.807) is 0 Å². The largest absolute Gasteiger partial charge is 0.371 e. The van der Waals surface area contributed by atoms with Crippen molar-refractivity contribution in [2.24, 2.45) is 0 Å². The summed E-state index contributed by atoms with van der Waals surface area (Å²) in [7, 11) is 2.12. The standard InChI is InChI=1S/C18H19N3/c1-20-13-14-21(18-10-6-5-9-17(18)20)16(11-12-19)15-7-3-2-4-8-15/h2-10,16H,11,13-14H2,1H3. The number of anilines is 2. The first kappa shape index (κ1) is 13.5. The zero-order valence-electron chi connectivity index (χ0n) is 12.2. The number of nitrogens with zero attached hydrogens (tertiary/aromatic N) is 3. The van der Waals surface area contributed by atoms with Crippen LogP contribution in [0.5, 0.6) is 0 Å². The minimum absolute atomic E-state index is 0.117. The smallest absolute Gasteiger partial charge is 0.0673 e. The monoisotopic (exact) mass is 277 g/mol. The molecule has 1 atom stereocenters. The molecule has 3 nitrogen and oxygen atoms in total. The Hall–Kier alpha value is -2.47. The highest BCUT2D eigenvalue weighted by atomic mass is 15.3. The Labute approximate surface area is 126 Å². The van der Waals surface area contributed by atoms with Gasteiger partial charge >= 0.3 is 0 Å². The van der Waals surface area contributed by atoms with E-state index in [-0.39, 0.29) is 6.04 Å². The normalized spacial score (nSPS) is 15.2.